The number of rotatable bonds is 1. The fourth-order valence-electron chi connectivity index (χ4n) is 1.98. The molecule has 0 saturated carbocycles. The molecule has 1 aromatic carbocycles. The highest BCUT2D eigenvalue weighted by Crippen LogP contribution is 2.37. The van der Waals surface area contributed by atoms with Gasteiger partial charge in [-0.1, -0.05) is 32.0 Å². The van der Waals surface area contributed by atoms with Gasteiger partial charge in [0, 0.05) is 43.5 Å². The number of halogens is 1. The molecule has 19 heavy (non-hydrogen) atoms. The van der Waals surface area contributed by atoms with E-state index in [9.17, 15) is 0 Å². The van der Waals surface area contributed by atoms with Crippen molar-refractivity contribution in [3.63, 3.8) is 0 Å². The second-order valence-corrected chi connectivity index (χ2v) is 5.69. The fourth-order valence-corrected chi connectivity index (χ4v) is 3.68. The molecular weight excluding hydrogens is 318 g/mol. The summed E-state index contributed by atoms with van der Waals surface area (Å²) in [5.74, 6) is 0. The largest absolute Gasteiger partial charge is 0.264 e. The number of thiophene rings is 1. The molecule has 0 radical (unpaired) electrons. The zero-order valence-corrected chi connectivity index (χ0v) is 13.7. The van der Waals surface area contributed by atoms with Crippen LogP contribution in [-0.2, 0) is 0 Å². The van der Waals surface area contributed by atoms with Crippen LogP contribution in [0.4, 0.5) is 0 Å². The molecule has 0 amide bonds. The molecule has 3 rings (SSSR count). The maximum absolute atomic E-state index is 4.23. The van der Waals surface area contributed by atoms with Crippen molar-refractivity contribution in [2.45, 2.75) is 20.8 Å². The van der Waals surface area contributed by atoms with Crippen LogP contribution in [0.15, 0.2) is 46.5 Å². The molecule has 0 aliphatic rings. The molecule has 0 aliphatic carbocycles. The van der Waals surface area contributed by atoms with Crippen LogP contribution in [0.1, 0.15) is 19.4 Å². The second kappa shape index (κ2) is 6.31. The molecule has 3 heteroatoms. The number of benzene rings is 1. The third-order valence-corrected chi connectivity index (χ3v) is 4.87. The Hall–Kier alpha value is -1.19. The average molecular weight is 334 g/mol. The van der Waals surface area contributed by atoms with Crippen molar-refractivity contribution in [3.05, 3.63) is 52.1 Å². The van der Waals surface area contributed by atoms with Crippen LogP contribution in [0.3, 0.4) is 0 Å². The molecule has 3 aromatic rings. The number of fused-ring (bicyclic) bond motifs is 1. The van der Waals surface area contributed by atoms with Gasteiger partial charge in [-0.2, -0.15) is 0 Å². The van der Waals surface area contributed by atoms with Gasteiger partial charge in [-0.3, -0.25) is 4.98 Å². The number of aryl methyl sites for hydroxylation is 1. The van der Waals surface area contributed by atoms with Crippen LogP contribution in [0, 0.1) is 6.92 Å². The molecule has 2 heterocycles. The molecule has 0 fully saturated rings. The van der Waals surface area contributed by atoms with Crippen LogP contribution in [0.5, 0.6) is 0 Å². The van der Waals surface area contributed by atoms with Gasteiger partial charge in [0.05, 0.1) is 0 Å². The van der Waals surface area contributed by atoms with Crippen LogP contribution in [0.25, 0.3) is 21.2 Å². The monoisotopic (exact) mass is 333 g/mol. The van der Waals surface area contributed by atoms with Crippen molar-refractivity contribution in [1.82, 2.24) is 4.98 Å². The van der Waals surface area contributed by atoms with E-state index in [-0.39, 0.29) is 0 Å². The molecule has 2 aromatic heterocycles. The summed E-state index contributed by atoms with van der Waals surface area (Å²) in [6, 6.07) is 8.46. The summed E-state index contributed by atoms with van der Waals surface area (Å²) in [6.07, 6.45) is 3.78. The van der Waals surface area contributed by atoms with Gasteiger partial charge < -0.3 is 0 Å². The first-order valence-electron chi connectivity index (χ1n) is 6.34. The lowest BCUT2D eigenvalue weighted by Gasteiger charge is -2.06. The van der Waals surface area contributed by atoms with E-state index >= 15 is 0 Å². The minimum absolute atomic E-state index is 1.17. The number of aromatic nitrogens is 1. The first-order chi connectivity index (χ1) is 9.27. The van der Waals surface area contributed by atoms with Gasteiger partial charge in [-0.25, -0.2) is 0 Å². The predicted molar refractivity (Wildman–Crippen MR) is 88.8 cm³/mol. The van der Waals surface area contributed by atoms with Crippen molar-refractivity contribution in [2.24, 2.45) is 0 Å². The first-order valence-corrected chi connectivity index (χ1v) is 8.01. The van der Waals surface area contributed by atoms with E-state index in [0.29, 0.717) is 0 Å². The van der Waals surface area contributed by atoms with E-state index < -0.39 is 0 Å². The SMILES string of the molecule is CC.Cc1ccncc1-c1cccc2c(Br)csc12. The summed E-state index contributed by atoms with van der Waals surface area (Å²) < 4.78 is 2.48. The van der Waals surface area contributed by atoms with E-state index in [2.05, 4.69) is 57.5 Å². The average Bonchev–Trinajstić information content (AvgIpc) is 2.84. The Labute approximate surface area is 126 Å². The Kier molecular flexibility index (Phi) is 4.72. The third kappa shape index (κ3) is 2.72. The molecule has 0 spiro atoms. The molecular formula is C16H16BrNS. The summed E-state index contributed by atoms with van der Waals surface area (Å²) in [5, 5.41) is 3.41. The lowest BCUT2D eigenvalue weighted by atomic mass is 10.0. The van der Waals surface area contributed by atoms with Crippen LogP contribution >= 0.6 is 27.3 Å². The van der Waals surface area contributed by atoms with Crippen LogP contribution in [-0.4, -0.2) is 4.98 Å². The van der Waals surface area contributed by atoms with Gasteiger partial charge in [0.1, 0.15) is 0 Å². The van der Waals surface area contributed by atoms with Gasteiger partial charge in [0.25, 0.3) is 0 Å². The minimum atomic E-state index is 1.17. The number of hydrogen-bond donors (Lipinski definition) is 0. The van der Waals surface area contributed by atoms with Crippen LogP contribution in [0.2, 0.25) is 0 Å². The van der Waals surface area contributed by atoms with Crippen molar-refractivity contribution in [1.29, 1.82) is 0 Å². The van der Waals surface area contributed by atoms with Crippen molar-refractivity contribution in [3.8, 4) is 11.1 Å². The zero-order valence-electron chi connectivity index (χ0n) is 11.3. The fraction of sp³-hybridized carbons (Fsp3) is 0.188. The highest BCUT2D eigenvalue weighted by Gasteiger charge is 2.09. The molecule has 0 unspecified atom stereocenters. The van der Waals surface area contributed by atoms with E-state index in [4.69, 9.17) is 0 Å². The van der Waals surface area contributed by atoms with Crippen molar-refractivity contribution < 1.29 is 0 Å². The summed E-state index contributed by atoms with van der Waals surface area (Å²) in [4.78, 5) is 4.23. The number of hydrogen-bond acceptors (Lipinski definition) is 2. The molecule has 98 valence electrons. The molecule has 0 atom stereocenters. The van der Waals surface area contributed by atoms with Crippen LogP contribution < -0.4 is 0 Å². The molecule has 1 nitrogen and oxygen atoms in total. The van der Waals surface area contributed by atoms with Crippen molar-refractivity contribution in [2.75, 3.05) is 0 Å². The Bertz CT molecular complexity index is 688. The lowest BCUT2D eigenvalue weighted by Crippen LogP contribution is -1.84. The molecule has 0 saturated heterocycles. The third-order valence-electron chi connectivity index (χ3n) is 2.88. The van der Waals surface area contributed by atoms with Gasteiger partial charge in [0.15, 0.2) is 0 Å². The van der Waals surface area contributed by atoms with Gasteiger partial charge >= 0.3 is 0 Å². The van der Waals surface area contributed by atoms with E-state index in [1.165, 1.54) is 31.2 Å². The summed E-state index contributed by atoms with van der Waals surface area (Å²) in [6.45, 7) is 6.12. The van der Waals surface area contributed by atoms with Crippen molar-refractivity contribution >= 4 is 37.4 Å². The Morgan fingerprint density at radius 2 is 1.89 bits per heavy atom. The van der Waals surface area contributed by atoms with E-state index in [1.807, 2.05) is 26.2 Å². The summed E-state index contributed by atoms with van der Waals surface area (Å²) in [5.41, 5.74) is 3.74. The lowest BCUT2D eigenvalue weighted by molar-refractivity contribution is 1.29. The van der Waals surface area contributed by atoms with Gasteiger partial charge in [-0.15, -0.1) is 11.3 Å². The normalized spacial score (nSPS) is 10.1. The highest BCUT2D eigenvalue weighted by molar-refractivity contribution is 9.10. The quantitative estimate of drug-likeness (QED) is 0.527. The Balaban J connectivity index is 0.000000637. The Morgan fingerprint density at radius 3 is 2.63 bits per heavy atom. The topological polar surface area (TPSA) is 12.9 Å². The van der Waals surface area contributed by atoms with E-state index in [1.54, 1.807) is 11.3 Å². The van der Waals surface area contributed by atoms with E-state index in [0.717, 1.165) is 0 Å². The standard InChI is InChI=1S/C14H10BrNS.C2H6/c1-9-5-6-16-7-12(9)10-3-2-4-11-13(15)8-17-14(10)11;1-2/h2-8H,1H3;1-2H3. The molecule has 0 bridgehead atoms. The second-order valence-electron chi connectivity index (χ2n) is 3.96. The minimum Gasteiger partial charge on any atom is -0.264 e. The first kappa shape index (κ1) is 14.2. The number of nitrogens with zero attached hydrogens (tertiary/aromatic N) is 1. The summed E-state index contributed by atoms with van der Waals surface area (Å²) >= 11 is 5.36. The molecule has 0 aliphatic heterocycles. The summed E-state index contributed by atoms with van der Waals surface area (Å²) in [7, 11) is 0. The Morgan fingerprint density at radius 1 is 1.11 bits per heavy atom. The predicted octanol–water partition coefficient (Wildman–Crippen LogP) is 6.06. The zero-order chi connectivity index (χ0) is 13.8. The smallest absolute Gasteiger partial charge is 0.0433 e. The highest BCUT2D eigenvalue weighted by atomic mass is 79.9. The van der Waals surface area contributed by atoms with Gasteiger partial charge in [-0.05, 0) is 34.5 Å². The maximum atomic E-state index is 4.23. The maximum Gasteiger partial charge on any atom is 0.0433 e. The molecule has 0 N–H and O–H groups in total. The number of pyridine rings is 1. The van der Waals surface area contributed by atoms with Gasteiger partial charge in [0.2, 0.25) is 0 Å².